The van der Waals surface area contributed by atoms with Crippen LogP contribution >= 0.6 is 27.5 Å². The van der Waals surface area contributed by atoms with Gasteiger partial charge >= 0.3 is 0 Å². The molecule has 0 bridgehead atoms. The van der Waals surface area contributed by atoms with Crippen LogP contribution in [0.1, 0.15) is 16.9 Å². The number of nitrogens with one attached hydrogen (secondary N) is 1. The highest BCUT2D eigenvalue weighted by Crippen LogP contribution is 2.44. The van der Waals surface area contributed by atoms with Crippen molar-refractivity contribution < 1.29 is 14.6 Å². The molecule has 0 atom stereocenters. The van der Waals surface area contributed by atoms with Crippen LogP contribution in [-0.4, -0.2) is 41.3 Å². The summed E-state index contributed by atoms with van der Waals surface area (Å²) in [6, 6.07) is 7.20. The predicted molar refractivity (Wildman–Crippen MR) is 119 cm³/mol. The van der Waals surface area contributed by atoms with Crippen molar-refractivity contribution in [3.8, 4) is 11.5 Å². The molecule has 0 saturated carbocycles. The van der Waals surface area contributed by atoms with E-state index in [9.17, 15) is 10.2 Å². The third-order valence-corrected chi connectivity index (χ3v) is 6.14. The van der Waals surface area contributed by atoms with Crippen molar-refractivity contribution >= 4 is 56.0 Å². The van der Waals surface area contributed by atoms with Gasteiger partial charge in [-0.25, -0.2) is 0 Å². The minimum absolute atomic E-state index is 0.0227. The molecule has 1 saturated heterocycles. The molecule has 0 aliphatic carbocycles. The van der Waals surface area contributed by atoms with Gasteiger partial charge in [-0.1, -0.05) is 27.5 Å². The Labute approximate surface area is 185 Å². The normalized spacial score (nSPS) is 17.9. The number of halogens is 2. The van der Waals surface area contributed by atoms with Crippen LogP contribution in [0.4, 0.5) is 5.69 Å². The fourth-order valence-electron chi connectivity index (χ4n) is 3.79. The number of aromatic hydroxyl groups is 2. The highest BCUT2D eigenvalue weighted by Gasteiger charge is 2.24. The first kappa shape index (κ1) is 19.6. The number of fused-ring (bicyclic) bond motifs is 2. The fourth-order valence-corrected chi connectivity index (χ4v) is 4.37. The molecule has 3 heterocycles. The Kier molecular flexibility index (Phi) is 5.02. The van der Waals surface area contributed by atoms with Crippen LogP contribution in [0.15, 0.2) is 43.4 Å². The second-order valence-corrected chi connectivity index (χ2v) is 8.62. The average molecular weight is 490 g/mol. The standard InChI is InChI=1S/C21H18BrClN4O3/c22-11-1-2-16-12(7-11)17(26-25-16)9-18-20(29)13-8-15(23)19(28)14(21(13)30-18)10-27-5-3-24-4-6-27/h1-2,7-9,24,28-29H,3-6,10H2. The molecule has 0 radical (unpaired) electrons. The van der Waals surface area contributed by atoms with Crippen molar-refractivity contribution in [3.63, 3.8) is 0 Å². The molecule has 154 valence electrons. The van der Waals surface area contributed by atoms with E-state index in [2.05, 4.69) is 36.4 Å². The van der Waals surface area contributed by atoms with Gasteiger partial charge in [0.1, 0.15) is 11.3 Å². The molecule has 3 N–H and O–H groups in total. The third-order valence-electron chi connectivity index (χ3n) is 5.36. The fraction of sp³-hybridized carbons (Fsp3) is 0.238. The Morgan fingerprint density at radius 1 is 1.17 bits per heavy atom. The van der Waals surface area contributed by atoms with Crippen LogP contribution < -0.4 is 5.32 Å². The molecular weight excluding hydrogens is 472 g/mol. The first-order valence-corrected chi connectivity index (χ1v) is 10.7. The van der Waals surface area contributed by atoms with Crippen molar-refractivity contribution in [2.45, 2.75) is 6.54 Å². The lowest BCUT2D eigenvalue weighted by molar-refractivity contribution is 0.230. The summed E-state index contributed by atoms with van der Waals surface area (Å²) >= 11 is 9.72. The quantitative estimate of drug-likeness (QED) is 0.466. The van der Waals surface area contributed by atoms with Crippen LogP contribution in [0.25, 0.3) is 22.7 Å². The maximum Gasteiger partial charge on any atom is 0.172 e. The minimum Gasteiger partial charge on any atom is -0.506 e. The van der Waals surface area contributed by atoms with Gasteiger partial charge in [0.05, 0.1) is 27.4 Å². The molecule has 2 aliphatic heterocycles. The molecule has 5 rings (SSSR count). The Bertz CT molecular complexity index is 1210. The summed E-state index contributed by atoms with van der Waals surface area (Å²) in [4.78, 5) is 2.21. The largest absolute Gasteiger partial charge is 0.506 e. The van der Waals surface area contributed by atoms with Crippen molar-refractivity contribution in [2.75, 3.05) is 26.2 Å². The lowest BCUT2D eigenvalue weighted by Gasteiger charge is -2.27. The first-order chi connectivity index (χ1) is 14.5. The molecule has 1 fully saturated rings. The number of benzene rings is 2. The SMILES string of the molecule is Oc1c(Cl)cc2c(O)c(C=C3N=Nc4ccc(Br)cc43)oc2c1CN1CCNCC1. The number of phenols is 1. The zero-order valence-corrected chi connectivity index (χ0v) is 18.2. The van der Waals surface area contributed by atoms with Crippen molar-refractivity contribution in [1.82, 2.24) is 10.2 Å². The number of hydrogen-bond donors (Lipinski definition) is 3. The van der Waals surface area contributed by atoms with Gasteiger partial charge in [-0.2, -0.15) is 0 Å². The second-order valence-electron chi connectivity index (χ2n) is 7.29. The molecule has 0 spiro atoms. The van der Waals surface area contributed by atoms with Crippen molar-refractivity contribution in [2.24, 2.45) is 10.2 Å². The number of phenolic OH excluding ortho intramolecular Hbond substituents is 1. The molecule has 7 nitrogen and oxygen atoms in total. The lowest BCUT2D eigenvalue weighted by Crippen LogP contribution is -2.42. The van der Waals surface area contributed by atoms with Gasteiger partial charge in [-0.15, -0.1) is 10.2 Å². The second kappa shape index (κ2) is 7.70. The molecule has 0 unspecified atom stereocenters. The molecule has 30 heavy (non-hydrogen) atoms. The van der Waals surface area contributed by atoms with E-state index in [1.54, 1.807) is 6.08 Å². The number of azo groups is 1. The monoisotopic (exact) mass is 488 g/mol. The summed E-state index contributed by atoms with van der Waals surface area (Å²) in [5.74, 6) is 0.181. The van der Waals surface area contributed by atoms with Gasteiger partial charge in [0.25, 0.3) is 0 Å². The van der Waals surface area contributed by atoms with Gasteiger partial charge in [0.2, 0.25) is 0 Å². The van der Waals surface area contributed by atoms with Crippen LogP contribution in [0.2, 0.25) is 5.02 Å². The van der Waals surface area contributed by atoms with E-state index in [4.69, 9.17) is 16.0 Å². The molecule has 2 aliphatic rings. The van der Waals surface area contributed by atoms with Gasteiger partial charge < -0.3 is 19.9 Å². The van der Waals surface area contributed by atoms with E-state index in [0.29, 0.717) is 28.8 Å². The Hall–Kier alpha value is -2.39. The number of hydrogen-bond acceptors (Lipinski definition) is 7. The van der Waals surface area contributed by atoms with E-state index in [1.165, 1.54) is 6.07 Å². The Morgan fingerprint density at radius 3 is 2.77 bits per heavy atom. The third kappa shape index (κ3) is 3.39. The van der Waals surface area contributed by atoms with Gasteiger partial charge in [0.15, 0.2) is 11.5 Å². The Morgan fingerprint density at radius 2 is 1.97 bits per heavy atom. The minimum atomic E-state index is -0.0420. The summed E-state index contributed by atoms with van der Waals surface area (Å²) < 4.78 is 6.92. The zero-order chi connectivity index (χ0) is 20.8. The summed E-state index contributed by atoms with van der Waals surface area (Å²) in [5, 5.41) is 33.7. The van der Waals surface area contributed by atoms with E-state index < -0.39 is 0 Å². The summed E-state index contributed by atoms with van der Waals surface area (Å²) in [6.07, 6.45) is 1.65. The topological polar surface area (TPSA) is 93.6 Å². The smallest absolute Gasteiger partial charge is 0.172 e. The van der Waals surface area contributed by atoms with Gasteiger partial charge in [0, 0.05) is 48.8 Å². The maximum absolute atomic E-state index is 10.8. The van der Waals surface area contributed by atoms with E-state index >= 15 is 0 Å². The molecule has 2 aromatic carbocycles. The van der Waals surface area contributed by atoms with Crippen molar-refractivity contribution in [1.29, 1.82) is 0 Å². The van der Waals surface area contributed by atoms with E-state index in [0.717, 1.165) is 41.9 Å². The number of furan rings is 1. The molecule has 3 aromatic rings. The highest BCUT2D eigenvalue weighted by molar-refractivity contribution is 9.10. The van der Waals surface area contributed by atoms with E-state index in [1.807, 2.05) is 18.2 Å². The Balaban J connectivity index is 1.60. The molecule has 9 heteroatoms. The number of piperazine rings is 1. The summed E-state index contributed by atoms with van der Waals surface area (Å²) in [5.41, 5.74) is 3.16. The maximum atomic E-state index is 10.8. The van der Waals surface area contributed by atoms with Gasteiger partial charge in [-0.05, 0) is 24.3 Å². The average Bonchev–Trinajstić information content (AvgIpc) is 3.28. The molecular formula is C21H18BrClN4O3. The molecule has 1 aromatic heterocycles. The lowest BCUT2D eigenvalue weighted by atomic mass is 10.1. The number of rotatable bonds is 3. The number of nitrogens with zero attached hydrogens (tertiary/aromatic N) is 3. The first-order valence-electron chi connectivity index (χ1n) is 9.53. The van der Waals surface area contributed by atoms with Crippen LogP contribution in [0.5, 0.6) is 11.5 Å². The van der Waals surface area contributed by atoms with Gasteiger partial charge in [-0.3, -0.25) is 4.90 Å². The zero-order valence-electron chi connectivity index (χ0n) is 15.8. The summed E-state index contributed by atoms with van der Waals surface area (Å²) in [6.45, 7) is 3.94. The van der Waals surface area contributed by atoms with Crippen molar-refractivity contribution in [3.05, 3.63) is 50.6 Å². The van der Waals surface area contributed by atoms with E-state index in [-0.39, 0.29) is 22.3 Å². The highest BCUT2D eigenvalue weighted by atomic mass is 79.9. The molecule has 0 amide bonds. The predicted octanol–water partition coefficient (Wildman–Crippen LogP) is 5.26. The summed E-state index contributed by atoms with van der Waals surface area (Å²) in [7, 11) is 0. The van der Waals surface area contributed by atoms with Crippen LogP contribution in [-0.2, 0) is 6.54 Å². The van der Waals surface area contributed by atoms with Crippen LogP contribution in [0, 0.1) is 0 Å². The van der Waals surface area contributed by atoms with Crippen LogP contribution in [0.3, 0.4) is 0 Å².